The molecule has 0 radical (unpaired) electrons. The number of rotatable bonds is 4. The Morgan fingerprint density at radius 1 is 1.16 bits per heavy atom. The zero-order valence-corrected chi connectivity index (χ0v) is 14.4. The van der Waals surface area contributed by atoms with Gasteiger partial charge >= 0.3 is 0 Å². The van der Waals surface area contributed by atoms with Crippen LogP contribution in [0.5, 0.6) is 0 Å². The number of benzene rings is 1. The summed E-state index contributed by atoms with van der Waals surface area (Å²) in [6.07, 6.45) is 5.45. The molecule has 3 heterocycles. The highest BCUT2D eigenvalue weighted by molar-refractivity contribution is 5.76. The molecule has 3 aromatic rings. The Morgan fingerprint density at radius 2 is 1.96 bits per heavy atom. The summed E-state index contributed by atoms with van der Waals surface area (Å²) in [5.74, 6) is 1.50. The van der Waals surface area contributed by atoms with E-state index in [0.29, 0.717) is 11.3 Å². The molecule has 0 saturated carbocycles. The lowest BCUT2D eigenvalue weighted by Gasteiger charge is -2.31. The first-order valence-electron chi connectivity index (χ1n) is 8.70. The van der Waals surface area contributed by atoms with Gasteiger partial charge in [0.25, 0.3) is 5.56 Å². The topological polar surface area (TPSA) is 68.8 Å². The van der Waals surface area contributed by atoms with Crippen LogP contribution in [0.3, 0.4) is 0 Å². The van der Waals surface area contributed by atoms with Crippen molar-refractivity contribution >= 4 is 10.9 Å². The largest absolute Gasteiger partial charge is 0.298 e. The van der Waals surface area contributed by atoms with E-state index in [1.807, 2.05) is 36.0 Å². The van der Waals surface area contributed by atoms with E-state index < -0.39 is 0 Å². The highest BCUT2D eigenvalue weighted by atomic mass is 16.1. The first-order chi connectivity index (χ1) is 12.2. The van der Waals surface area contributed by atoms with E-state index in [4.69, 9.17) is 0 Å². The standard InChI is InChI=1S/C18H22N6O/c1-22-17(19-12-21-22)11-23-8-6-14(7-9-23)10-24-13-20-16-5-3-2-4-15(16)18(24)25/h2-5,12-14H,6-11H2,1H3. The molecule has 0 spiro atoms. The number of fused-ring (bicyclic) bond motifs is 1. The summed E-state index contributed by atoms with van der Waals surface area (Å²) in [6.45, 7) is 3.62. The number of para-hydroxylation sites is 1. The van der Waals surface area contributed by atoms with Crippen molar-refractivity contribution < 1.29 is 0 Å². The van der Waals surface area contributed by atoms with Gasteiger partial charge in [-0.2, -0.15) is 5.10 Å². The second kappa shape index (κ2) is 6.76. The third kappa shape index (κ3) is 3.32. The SMILES string of the molecule is Cn1ncnc1CN1CCC(Cn2cnc3ccccc3c2=O)CC1. The molecule has 130 valence electrons. The molecular formula is C18H22N6O. The van der Waals surface area contributed by atoms with Crippen LogP contribution >= 0.6 is 0 Å². The summed E-state index contributed by atoms with van der Waals surface area (Å²) in [5, 5.41) is 4.82. The Morgan fingerprint density at radius 3 is 2.72 bits per heavy atom. The summed E-state index contributed by atoms with van der Waals surface area (Å²) < 4.78 is 3.59. The van der Waals surface area contributed by atoms with E-state index in [0.717, 1.165) is 50.4 Å². The van der Waals surface area contributed by atoms with Crippen LogP contribution in [-0.2, 0) is 20.1 Å². The molecule has 4 rings (SSSR count). The van der Waals surface area contributed by atoms with Crippen LogP contribution < -0.4 is 5.56 Å². The fourth-order valence-corrected chi connectivity index (χ4v) is 3.50. The van der Waals surface area contributed by atoms with Crippen molar-refractivity contribution in [2.24, 2.45) is 13.0 Å². The normalized spacial score (nSPS) is 16.5. The second-order valence-corrected chi connectivity index (χ2v) is 6.74. The monoisotopic (exact) mass is 338 g/mol. The van der Waals surface area contributed by atoms with Crippen molar-refractivity contribution in [1.82, 2.24) is 29.2 Å². The number of likely N-dealkylation sites (tertiary alicyclic amines) is 1. The second-order valence-electron chi connectivity index (χ2n) is 6.74. The van der Waals surface area contributed by atoms with Crippen LogP contribution in [0.1, 0.15) is 18.7 Å². The number of nitrogens with zero attached hydrogens (tertiary/aromatic N) is 6. The Labute approximate surface area is 145 Å². The molecule has 25 heavy (non-hydrogen) atoms. The van der Waals surface area contributed by atoms with Crippen molar-refractivity contribution in [3.63, 3.8) is 0 Å². The molecule has 0 unspecified atom stereocenters. The number of aromatic nitrogens is 5. The van der Waals surface area contributed by atoms with Gasteiger partial charge in [-0.15, -0.1) is 0 Å². The first kappa shape index (κ1) is 16.0. The minimum atomic E-state index is 0.0621. The first-order valence-corrected chi connectivity index (χ1v) is 8.70. The van der Waals surface area contributed by atoms with Crippen LogP contribution in [0.25, 0.3) is 10.9 Å². The molecule has 1 aliphatic rings. The Bertz CT molecular complexity index is 922. The molecule has 1 fully saturated rings. The molecule has 0 bridgehead atoms. The van der Waals surface area contributed by atoms with Gasteiger partial charge in [0.1, 0.15) is 12.2 Å². The quantitative estimate of drug-likeness (QED) is 0.720. The zero-order chi connectivity index (χ0) is 17.2. The highest BCUT2D eigenvalue weighted by Gasteiger charge is 2.21. The van der Waals surface area contributed by atoms with Crippen LogP contribution in [0, 0.1) is 5.92 Å². The fourth-order valence-electron chi connectivity index (χ4n) is 3.50. The number of hydrogen-bond acceptors (Lipinski definition) is 5. The molecule has 0 N–H and O–H groups in total. The lowest BCUT2D eigenvalue weighted by atomic mass is 9.96. The maximum absolute atomic E-state index is 12.6. The van der Waals surface area contributed by atoms with Crippen LogP contribution in [0.4, 0.5) is 0 Å². The van der Waals surface area contributed by atoms with Gasteiger partial charge in [-0.1, -0.05) is 12.1 Å². The molecule has 0 amide bonds. The van der Waals surface area contributed by atoms with Gasteiger partial charge in [-0.25, -0.2) is 9.97 Å². The van der Waals surface area contributed by atoms with Crippen molar-refractivity contribution in [2.45, 2.75) is 25.9 Å². The Balaban J connectivity index is 1.40. The van der Waals surface area contributed by atoms with Gasteiger partial charge in [0.05, 0.1) is 23.8 Å². The molecule has 0 aliphatic carbocycles. The lowest BCUT2D eigenvalue weighted by Crippen LogP contribution is -2.36. The van der Waals surface area contributed by atoms with E-state index in [9.17, 15) is 4.79 Å². The summed E-state index contributed by atoms with van der Waals surface area (Å²) in [6, 6.07) is 7.53. The van der Waals surface area contributed by atoms with E-state index >= 15 is 0 Å². The Hall–Kier alpha value is -2.54. The van der Waals surface area contributed by atoms with Gasteiger partial charge < -0.3 is 0 Å². The van der Waals surface area contributed by atoms with Crippen LogP contribution in [0.2, 0.25) is 0 Å². The number of hydrogen-bond donors (Lipinski definition) is 0. The fraction of sp³-hybridized carbons (Fsp3) is 0.444. The van der Waals surface area contributed by atoms with Gasteiger partial charge in [0, 0.05) is 13.6 Å². The van der Waals surface area contributed by atoms with Gasteiger partial charge in [-0.05, 0) is 44.0 Å². The van der Waals surface area contributed by atoms with Gasteiger partial charge in [-0.3, -0.25) is 18.9 Å². The Kier molecular flexibility index (Phi) is 4.31. The van der Waals surface area contributed by atoms with E-state index in [-0.39, 0.29) is 5.56 Å². The zero-order valence-electron chi connectivity index (χ0n) is 14.4. The predicted molar refractivity (Wildman–Crippen MR) is 95.0 cm³/mol. The lowest BCUT2D eigenvalue weighted by molar-refractivity contribution is 0.161. The summed E-state index contributed by atoms with van der Waals surface area (Å²) in [7, 11) is 1.92. The third-order valence-corrected chi connectivity index (χ3v) is 5.06. The highest BCUT2D eigenvalue weighted by Crippen LogP contribution is 2.20. The van der Waals surface area contributed by atoms with Crippen molar-refractivity contribution in [1.29, 1.82) is 0 Å². The maximum Gasteiger partial charge on any atom is 0.261 e. The molecule has 7 heteroatoms. The molecule has 7 nitrogen and oxygen atoms in total. The van der Waals surface area contributed by atoms with Crippen LogP contribution in [-0.4, -0.2) is 42.3 Å². The molecule has 1 aromatic carbocycles. The molecule has 2 aromatic heterocycles. The number of piperidine rings is 1. The van der Waals surface area contributed by atoms with E-state index in [1.54, 1.807) is 17.2 Å². The smallest absolute Gasteiger partial charge is 0.261 e. The third-order valence-electron chi connectivity index (χ3n) is 5.06. The van der Waals surface area contributed by atoms with E-state index in [1.165, 1.54) is 0 Å². The molecule has 1 saturated heterocycles. The summed E-state index contributed by atoms with van der Waals surface area (Å²) in [4.78, 5) is 23.7. The van der Waals surface area contributed by atoms with Crippen LogP contribution in [0.15, 0.2) is 41.7 Å². The van der Waals surface area contributed by atoms with Crippen molar-refractivity contribution in [3.8, 4) is 0 Å². The molecular weight excluding hydrogens is 316 g/mol. The predicted octanol–water partition coefficient (Wildman–Crippen LogP) is 1.44. The van der Waals surface area contributed by atoms with Crippen molar-refractivity contribution in [2.75, 3.05) is 13.1 Å². The minimum absolute atomic E-state index is 0.0621. The van der Waals surface area contributed by atoms with Gasteiger partial charge in [0.15, 0.2) is 0 Å². The number of aryl methyl sites for hydroxylation is 1. The van der Waals surface area contributed by atoms with E-state index in [2.05, 4.69) is 20.0 Å². The summed E-state index contributed by atoms with van der Waals surface area (Å²) >= 11 is 0. The van der Waals surface area contributed by atoms with Crippen molar-refractivity contribution in [3.05, 3.63) is 53.1 Å². The maximum atomic E-state index is 12.6. The molecule has 1 aliphatic heterocycles. The minimum Gasteiger partial charge on any atom is -0.298 e. The van der Waals surface area contributed by atoms with Gasteiger partial charge in [0.2, 0.25) is 0 Å². The average molecular weight is 338 g/mol. The summed E-state index contributed by atoms with van der Waals surface area (Å²) in [5.41, 5.74) is 0.828. The average Bonchev–Trinajstić information content (AvgIpc) is 3.04. The molecule has 0 atom stereocenters.